The maximum atomic E-state index is 4.79. The fourth-order valence-electron chi connectivity index (χ4n) is 6.90. The summed E-state index contributed by atoms with van der Waals surface area (Å²) in [5.41, 5.74) is 0.392. The standard InChI is InChI=1S/C19H29N3/c1-22-17(16-5-3-2-4-6-16)20-21-18(22)19-10-13-7-14(11-19)9-15(8-13)12-19/h13-16H,2-12H2,1H3. The maximum absolute atomic E-state index is 4.79. The average molecular weight is 299 g/mol. The third-order valence-electron chi connectivity index (χ3n) is 7.39. The maximum Gasteiger partial charge on any atom is 0.139 e. The van der Waals surface area contributed by atoms with E-state index in [0.717, 1.165) is 17.8 Å². The quantitative estimate of drug-likeness (QED) is 0.813. The van der Waals surface area contributed by atoms with Gasteiger partial charge in [0.2, 0.25) is 0 Å². The first kappa shape index (κ1) is 13.6. The Kier molecular flexibility index (Phi) is 2.97. The topological polar surface area (TPSA) is 30.7 Å². The summed E-state index contributed by atoms with van der Waals surface area (Å²) in [6.45, 7) is 0. The van der Waals surface area contributed by atoms with E-state index in [1.54, 1.807) is 0 Å². The first-order valence-corrected chi connectivity index (χ1v) is 9.63. The Balaban J connectivity index is 1.49. The second-order valence-electron chi connectivity index (χ2n) is 8.97. The van der Waals surface area contributed by atoms with Gasteiger partial charge in [0.25, 0.3) is 0 Å². The van der Waals surface area contributed by atoms with E-state index in [0.29, 0.717) is 11.3 Å². The molecule has 120 valence electrons. The Morgan fingerprint density at radius 1 is 0.864 bits per heavy atom. The molecule has 1 heterocycles. The highest BCUT2D eigenvalue weighted by Crippen LogP contribution is 2.60. The van der Waals surface area contributed by atoms with Crippen LogP contribution >= 0.6 is 0 Å². The predicted molar refractivity (Wildman–Crippen MR) is 86.7 cm³/mol. The van der Waals surface area contributed by atoms with Gasteiger partial charge in [0.05, 0.1) is 0 Å². The molecule has 0 aromatic carbocycles. The SMILES string of the molecule is Cn1c(C2CCCCC2)nnc1C12CC3CC(CC(C3)C1)C2. The fraction of sp³-hybridized carbons (Fsp3) is 0.895. The molecule has 22 heavy (non-hydrogen) atoms. The van der Waals surface area contributed by atoms with Crippen molar-refractivity contribution in [2.24, 2.45) is 24.8 Å². The minimum absolute atomic E-state index is 0.392. The van der Waals surface area contributed by atoms with Crippen molar-refractivity contribution in [2.45, 2.75) is 82.0 Å². The first-order chi connectivity index (χ1) is 10.7. The summed E-state index contributed by atoms with van der Waals surface area (Å²) in [7, 11) is 2.26. The molecule has 4 bridgehead atoms. The molecule has 6 rings (SSSR count). The van der Waals surface area contributed by atoms with Crippen LogP contribution in [-0.4, -0.2) is 14.8 Å². The zero-order valence-electron chi connectivity index (χ0n) is 13.9. The van der Waals surface area contributed by atoms with Crippen LogP contribution in [0.2, 0.25) is 0 Å². The zero-order chi connectivity index (χ0) is 14.7. The van der Waals surface area contributed by atoms with Crippen LogP contribution in [0, 0.1) is 17.8 Å². The third-order valence-corrected chi connectivity index (χ3v) is 7.39. The zero-order valence-corrected chi connectivity index (χ0v) is 13.9. The van der Waals surface area contributed by atoms with Crippen LogP contribution in [0.25, 0.3) is 0 Å². The van der Waals surface area contributed by atoms with Gasteiger partial charge in [0, 0.05) is 18.4 Å². The van der Waals surface area contributed by atoms with Gasteiger partial charge in [-0.05, 0) is 69.1 Å². The van der Waals surface area contributed by atoms with E-state index in [9.17, 15) is 0 Å². The van der Waals surface area contributed by atoms with Crippen LogP contribution in [0.5, 0.6) is 0 Å². The van der Waals surface area contributed by atoms with Gasteiger partial charge in [0.1, 0.15) is 11.6 Å². The minimum Gasteiger partial charge on any atom is -0.317 e. The van der Waals surface area contributed by atoms with Gasteiger partial charge in [-0.3, -0.25) is 0 Å². The van der Waals surface area contributed by atoms with Crippen LogP contribution in [0.1, 0.15) is 88.2 Å². The van der Waals surface area contributed by atoms with E-state index in [2.05, 4.69) is 11.6 Å². The van der Waals surface area contributed by atoms with Crippen LogP contribution in [0.4, 0.5) is 0 Å². The third kappa shape index (κ3) is 1.93. The van der Waals surface area contributed by atoms with Crippen molar-refractivity contribution < 1.29 is 0 Å². The Hall–Kier alpha value is -0.860. The van der Waals surface area contributed by atoms with Crippen molar-refractivity contribution in [3.63, 3.8) is 0 Å². The van der Waals surface area contributed by atoms with Crippen molar-refractivity contribution in [1.82, 2.24) is 14.8 Å². The molecular formula is C19H29N3. The summed E-state index contributed by atoms with van der Waals surface area (Å²) >= 11 is 0. The van der Waals surface area contributed by atoms with Gasteiger partial charge in [0.15, 0.2) is 0 Å². The summed E-state index contributed by atoms with van der Waals surface area (Å²) in [6, 6.07) is 0. The van der Waals surface area contributed by atoms with E-state index in [1.807, 2.05) is 0 Å². The molecule has 3 nitrogen and oxygen atoms in total. The lowest BCUT2D eigenvalue weighted by atomic mass is 9.49. The molecule has 0 aliphatic heterocycles. The monoisotopic (exact) mass is 299 g/mol. The van der Waals surface area contributed by atoms with Crippen molar-refractivity contribution in [1.29, 1.82) is 0 Å². The number of rotatable bonds is 2. The summed E-state index contributed by atoms with van der Waals surface area (Å²) in [6.07, 6.45) is 15.5. The highest BCUT2D eigenvalue weighted by Gasteiger charge is 2.53. The van der Waals surface area contributed by atoms with Crippen LogP contribution < -0.4 is 0 Å². The minimum atomic E-state index is 0.392. The molecule has 0 amide bonds. The highest BCUT2D eigenvalue weighted by molar-refractivity contribution is 5.19. The molecule has 3 heteroatoms. The van der Waals surface area contributed by atoms with Gasteiger partial charge in [-0.2, -0.15) is 0 Å². The summed E-state index contributed by atoms with van der Waals surface area (Å²) in [5.74, 6) is 6.29. The van der Waals surface area contributed by atoms with Gasteiger partial charge in [-0.25, -0.2) is 0 Å². The molecule has 0 N–H and O–H groups in total. The van der Waals surface area contributed by atoms with Gasteiger partial charge in [-0.15, -0.1) is 10.2 Å². The van der Waals surface area contributed by atoms with Crippen LogP contribution in [0.15, 0.2) is 0 Å². The fourth-order valence-corrected chi connectivity index (χ4v) is 6.90. The molecule has 1 aromatic heterocycles. The number of aromatic nitrogens is 3. The Morgan fingerprint density at radius 3 is 2.05 bits per heavy atom. The molecule has 5 saturated carbocycles. The van der Waals surface area contributed by atoms with E-state index < -0.39 is 0 Å². The summed E-state index contributed by atoms with van der Waals surface area (Å²) < 4.78 is 2.43. The van der Waals surface area contributed by atoms with E-state index in [-0.39, 0.29) is 0 Å². The molecule has 0 unspecified atom stereocenters. The van der Waals surface area contributed by atoms with Crippen molar-refractivity contribution in [3.8, 4) is 0 Å². The van der Waals surface area contributed by atoms with E-state index >= 15 is 0 Å². The molecule has 1 aromatic rings. The molecular weight excluding hydrogens is 270 g/mol. The predicted octanol–water partition coefficient (Wildman–Crippen LogP) is 4.33. The van der Waals surface area contributed by atoms with E-state index in [1.165, 1.54) is 82.3 Å². The molecule has 0 radical (unpaired) electrons. The molecule has 5 aliphatic carbocycles. The van der Waals surface area contributed by atoms with Crippen LogP contribution in [-0.2, 0) is 12.5 Å². The van der Waals surface area contributed by atoms with Gasteiger partial charge >= 0.3 is 0 Å². The van der Waals surface area contributed by atoms with Gasteiger partial charge < -0.3 is 4.57 Å². The largest absolute Gasteiger partial charge is 0.317 e. The van der Waals surface area contributed by atoms with Gasteiger partial charge in [-0.1, -0.05) is 19.3 Å². The Bertz CT molecular complexity index is 532. The van der Waals surface area contributed by atoms with Crippen molar-refractivity contribution >= 4 is 0 Å². The van der Waals surface area contributed by atoms with Crippen molar-refractivity contribution in [3.05, 3.63) is 11.6 Å². The number of nitrogens with zero attached hydrogens (tertiary/aromatic N) is 3. The molecule has 0 spiro atoms. The lowest BCUT2D eigenvalue weighted by molar-refractivity contribution is -0.0108. The smallest absolute Gasteiger partial charge is 0.139 e. The Morgan fingerprint density at radius 2 is 1.45 bits per heavy atom. The first-order valence-electron chi connectivity index (χ1n) is 9.63. The lowest BCUT2D eigenvalue weighted by Gasteiger charge is -2.56. The average Bonchev–Trinajstić information content (AvgIpc) is 2.89. The molecule has 5 aliphatic rings. The second kappa shape index (κ2) is 4.82. The van der Waals surface area contributed by atoms with E-state index in [4.69, 9.17) is 10.2 Å². The summed E-state index contributed by atoms with van der Waals surface area (Å²) in [4.78, 5) is 0. The number of hydrogen-bond donors (Lipinski definition) is 0. The second-order valence-corrected chi connectivity index (χ2v) is 8.97. The molecule has 0 saturated heterocycles. The summed E-state index contributed by atoms with van der Waals surface area (Å²) in [5, 5.41) is 9.50. The Labute approximate surface area is 133 Å². The normalized spacial score (nSPS) is 41.2. The molecule has 5 fully saturated rings. The highest BCUT2D eigenvalue weighted by atomic mass is 15.3. The van der Waals surface area contributed by atoms with Crippen molar-refractivity contribution in [2.75, 3.05) is 0 Å². The molecule has 0 atom stereocenters. The lowest BCUT2D eigenvalue weighted by Crippen LogP contribution is -2.49. The number of hydrogen-bond acceptors (Lipinski definition) is 2. The van der Waals surface area contributed by atoms with Crippen LogP contribution in [0.3, 0.4) is 0 Å².